The first-order chi connectivity index (χ1) is 9.47. The van der Waals surface area contributed by atoms with E-state index < -0.39 is 0 Å². The Labute approximate surface area is 132 Å². The molecule has 0 bridgehead atoms. The molecular weight excluding hydrogens is 315 g/mol. The van der Waals surface area contributed by atoms with E-state index >= 15 is 0 Å². The van der Waals surface area contributed by atoms with Crippen molar-refractivity contribution in [3.8, 4) is 0 Å². The average Bonchev–Trinajstić information content (AvgIpc) is 2.82. The third-order valence-electron chi connectivity index (χ3n) is 2.69. The lowest BCUT2D eigenvalue weighted by molar-refractivity contribution is 0.0827. The van der Waals surface area contributed by atoms with Gasteiger partial charge in [0.2, 0.25) is 0 Å². The number of carbonyl (C=O) groups excluding carboxylic acids is 1. The molecule has 1 N–H and O–H groups in total. The number of hydrogen-bond donors (Lipinski definition) is 1. The van der Waals surface area contributed by atoms with Crippen LogP contribution >= 0.6 is 34.5 Å². The van der Waals surface area contributed by atoms with E-state index in [4.69, 9.17) is 23.2 Å². The van der Waals surface area contributed by atoms with Crippen molar-refractivity contribution in [1.29, 1.82) is 0 Å². The minimum atomic E-state index is -0.0520. The monoisotopic (exact) mass is 328 g/mol. The molecule has 6 heteroatoms. The molecule has 0 fully saturated rings. The molecule has 0 aliphatic heterocycles. The molecule has 0 spiro atoms. The molecule has 20 heavy (non-hydrogen) atoms. The second-order valence-corrected chi connectivity index (χ2v) is 6.32. The van der Waals surface area contributed by atoms with E-state index in [-0.39, 0.29) is 5.91 Å². The quantitative estimate of drug-likeness (QED) is 0.903. The SMILES string of the molecule is CN(C)C(=O)c1ccc(Cl)c(NCc2cc(Cl)cs2)c1. The van der Waals surface area contributed by atoms with E-state index in [2.05, 4.69) is 5.32 Å². The molecule has 2 aromatic rings. The smallest absolute Gasteiger partial charge is 0.253 e. The highest BCUT2D eigenvalue weighted by Crippen LogP contribution is 2.26. The van der Waals surface area contributed by atoms with Crippen LogP contribution in [-0.2, 0) is 6.54 Å². The van der Waals surface area contributed by atoms with Crippen molar-refractivity contribution in [3.63, 3.8) is 0 Å². The first kappa shape index (κ1) is 15.2. The van der Waals surface area contributed by atoms with Crippen LogP contribution in [0.4, 0.5) is 5.69 Å². The summed E-state index contributed by atoms with van der Waals surface area (Å²) >= 11 is 13.6. The van der Waals surface area contributed by atoms with E-state index in [9.17, 15) is 4.79 Å². The van der Waals surface area contributed by atoms with Gasteiger partial charge in [-0.25, -0.2) is 0 Å². The van der Waals surface area contributed by atoms with Crippen LogP contribution in [0.3, 0.4) is 0 Å². The van der Waals surface area contributed by atoms with Gasteiger partial charge in [0.1, 0.15) is 0 Å². The molecule has 1 aromatic carbocycles. The lowest BCUT2D eigenvalue weighted by atomic mass is 10.2. The second-order valence-electron chi connectivity index (χ2n) is 4.48. The number of carbonyl (C=O) groups is 1. The molecule has 0 unspecified atom stereocenters. The van der Waals surface area contributed by atoms with Crippen molar-refractivity contribution in [3.05, 3.63) is 50.1 Å². The highest BCUT2D eigenvalue weighted by atomic mass is 35.5. The molecule has 1 amide bonds. The van der Waals surface area contributed by atoms with Gasteiger partial charge in [0.15, 0.2) is 0 Å². The van der Waals surface area contributed by atoms with Gasteiger partial charge in [-0.1, -0.05) is 23.2 Å². The van der Waals surface area contributed by atoms with Crippen molar-refractivity contribution in [2.24, 2.45) is 0 Å². The summed E-state index contributed by atoms with van der Waals surface area (Å²) < 4.78 is 0. The lowest BCUT2D eigenvalue weighted by Crippen LogP contribution is -2.21. The summed E-state index contributed by atoms with van der Waals surface area (Å²) in [5.41, 5.74) is 1.34. The summed E-state index contributed by atoms with van der Waals surface area (Å²) in [6, 6.07) is 7.11. The topological polar surface area (TPSA) is 32.3 Å². The van der Waals surface area contributed by atoms with Crippen molar-refractivity contribution in [1.82, 2.24) is 4.90 Å². The Hall–Kier alpha value is -1.23. The molecule has 3 nitrogen and oxygen atoms in total. The van der Waals surface area contributed by atoms with Gasteiger partial charge in [-0.3, -0.25) is 4.79 Å². The van der Waals surface area contributed by atoms with Crippen LogP contribution in [-0.4, -0.2) is 24.9 Å². The summed E-state index contributed by atoms with van der Waals surface area (Å²) in [6.07, 6.45) is 0. The van der Waals surface area contributed by atoms with Crippen LogP contribution in [0.5, 0.6) is 0 Å². The van der Waals surface area contributed by atoms with Crippen molar-refractivity contribution in [2.75, 3.05) is 19.4 Å². The Morgan fingerprint density at radius 3 is 2.65 bits per heavy atom. The van der Waals surface area contributed by atoms with Crippen molar-refractivity contribution in [2.45, 2.75) is 6.54 Å². The third kappa shape index (κ3) is 3.66. The highest BCUT2D eigenvalue weighted by molar-refractivity contribution is 7.10. The first-order valence-corrected chi connectivity index (χ1v) is 7.59. The molecule has 1 heterocycles. The molecule has 106 valence electrons. The van der Waals surface area contributed by atoms with Gasteiger partial charge in [-0.2, -0.15) is 0 Å². The van der Waals surface area contributed by atoms with Crippen molar-refractivity contribution >= 4 is 46.1 Å². The fourth-order valence-electron chi connectivity index (χ4n) is 1.68. The summed E-state index contributed by atoms with van der Waals surface area (Å²) in [5, 5.41) is 6.42. The molecule has 0 aliphatic rings. The molecule has 1 aromatic heterocycles. The second kappa shape index (κ2) is 6.48. The zero-order valence-electron chi connectivity index (χ0n) is 11.1. The number of rotatable bonds is 4. The molecule has 0 atom stereocenters. The van der Waals surface area contributed by atoms with Crippen LogP contribution in [0.2, 0.25) is 10.0 Å². The van der Waals surface area contributed by atoms with Crippen LogP contribution in [0.15, 0.2) is 29.6 Å². The largest absolute Gasteiger partial charge is 0.379 e. The Bertz CT molecular complexity index is 625. The number of amides is 1. The number of nitrogens with zero attached hydrogens (tertiary/aromatic N) is 1. The zero-order valence-corrected chi connectivity index (χ0v) is 13.4. The molecular formula is C14H14Cl2N2OS. The summed E-state index contributed by atoms with van der Waals surface area (Å²) in [6.45, 7) is 0.622. The predicted molar refractivity (Wildman–Crippen MR) is 86.1 cm³/mol. The van der Waals surface area contributed by atoms with E-state index in [1.165, 1.54) is 4.90 Å². The van der Waals surface area contributed by atoms with Gasteiger partial charge < -0.3 is 10.2 Å². The molecule has 2 rings (SSSR count). The third-order valence-corrected chi connectivity index (χ3v) is 4.31. The van der Waals surface area contributed by atoms with Crippen LogP contribution < -0.4 is 5.32 Å². The van der Waals surface area contributed by atoms with Gasteiger partial charge in [-0.05, 0) is 24.3 Å². The number of hydrogen-bond acceptors (Lipinski definition) is 3. The number of halogens is 2. The maximum Gasteiger partial charge on any atom is 0.253 e. The molecule has 0 saturated carbocycles. The Balaban J connectivity index is 2.14. The van der Waals surface area contributed by atoms with Gasteiger partial charge >= 0.3 is 0 Å². The van der Waals surface area contributed by atoms with Gasteiger partial charge in [0, 0.05) is 36.5 Å². The van der Waals surface area contributed by atoms with E-state index in [0.29, 0.717) is 17.1 Å². The normalized spacial score (nSPS) is 10.4. The fraction of sp³-hybridized carbons (Fsp3) is 0.214. The lowest BCUT2D eigenvalue weighted by Gasteiger charge is -2.13. The minimum absolute atomic E-state index is 0.0520. The predicted octanol–water partition coefficient (Wildman–Crippen LogP) is 4.37. The van der Waals surface area contributed by atoms with E-state index in [1.807, 2.05) is 11.4 Å². The van der Waals surface area contributed by atoms with Crippen LogP contribution in [0.25, 0.3) is 0 Å². The van der Waals surface area contributed by atoms with Crippen LogP contribution in [0.1, 0.15) is 15.2 Å². The Morgan fingerprint density at radius 2 is 2.05 bits per heavy atom. The van der Waals surface area contributed by atoms with Gasteiger partial charge in [0.25, 0.3) is 5.91 Å². The van der Waals surface area contributed by atoms with Gasteiger partial charge in [0.05, 0.1) is 15.7 Å². The number of anilines is 1. The van der Waals surface area contributed by atoms with Gasteiger partial charge in [-0.15, -0.1) is 11.3 Å². The summed E-state index contributed by atoms with van der Waals surface area (Å²) in [7, 11) is 3.44. The van der Waals surface area contributed by atoms with E-state index in [0.717, 1.165) is 15.6 Å². The molecule has 0 aliphatic carbocycles. The van der Waals surface area contributed by atoms with E-state index in [1.54, 1.807) is 43.6 Å². The highest BCUT2D eigenvalue weighted by Gasteiger charge is 2.10. The summed E-state index contributed by atoms with van der Waals surface area (Å²) in [5.74, 6) is -0.0520. The van der Waals surface area contributed by atoms with Crippen molar-refractivity contribution < 1.29 is 4.79 Å². The molecule has 0 radical (unpaired) electrons. The minimum Gasteiger partial charge on any atom is -0.379 e. The fourth-order valence-corrected chi connectivity index (χ4v) is 2.88. The molecule has 0 saturated heterocycles. The summed E-state index contributed by atoms with van der Waals surface area (Å²) in [4.78, 5) is 14.6. The number of benzene rings is 1. The number of nitrogens with one attached hydrogen (secondary N) is 1. The Kier molecular flexibility index (Phi) is 4.91. The zero-order chi connectivity index (χ0) is 14.7. The maximum atomic E-state index is 11.9. The number of thiophene rings is 1. The average molecular weight is 329 g/mol. The Morgan fingerprint density at radius 1 is 1.30 bits per heavy atom. The maximum absolute atomic E-state index is 11.9. The van der Waals surface area contributed by atoms with Crippen LogP contribution in [0, 0.1) is 0 Å². The standard InChI is InChI=1S/C14H14Cl2N2OS/c1-18(2)14(19)9-3-4-12(16)13(5-9)17-7-11-6-10(15)8-20-11/h3-6,8,17H,7H2,1-2H3. The first-order valence-electron chi connectivity index (χ1n) is 5.95.